The van der Waals surface area contributed by atoms with Gasteiger partial charge in [0.05, 0.1) is 6.42 Å². The Labute approximate surface area is 98.7 Å². The molecule has 3 amide bonds. The highest BCUT2D eigenvalue weighted by Gasteiger charge is 2.21. The van der Waals surface area contributed by atoms with Gasteiger partial charge >= 0.3 is 12.0 Å². The van der Waals surface area contributed by atoms with Crippen molar-refractivity contribution in [3.8, 4) is 12.3 Å². The SMILES string of the molecule is C#CCCCNC(=O)N[C@@H](CC(N)=O)C(=O)O. The molecule has 0 saturated heterocycles. The number of amides is 3. The molecular weight excluding hydrogens is 226 g/mol. The van der Waals surface area contributed by atoms with E-state index in [1.165, 1.54) is 0 Å². The van der Waals surface area contributed by atoms with Crippen molar-refractivity contribution in [2.24, 2.45) is 5.73 Å². The fourth-order valence-corrected chi connectivity index (χ4v) is 1.00. The van der Waals surface area contributed by atoms with Gasteiger partial charge in [0.15, 0.2) is 0 Å². The molecule has 0 spiro atoms. The molecule has 0 bridgehead atoms. The summed E-state index contributed by atoms with van der Waals surface area (Å²) in [5.41, 5.74) is 4.85. The molecule has 0 aromatic heterocycles. The van der Waals surface area contributed by atoms with Crippen LogP contribution in [0.5, 0.6) is 0 Å². The summed E-state index contributed by atoms with van der Waals surface area (Å²) in [6.07, 6.45) is 5.67. The topological polar surface area (TPSA) is 122 Å². The molecule has 0 aliphatic rings. The van der Waals surface area contributed by atoms with E-state index >= 15 is 0 Å². The molecule has 7 heteroatoms. The minimum atomic E-state index is -1.32. The predicted molar refractivity (Wildman–Crippen MR) is 59.8 cm³/mol. The number of nitrogens with one attached hydrogen (secondary N) is 2. The van der Waals surface area contributed by atoms with Gasteiger partial charge in [0.1, 0.15) is 6.04 Å². The summed E-state index contributed by atoms with van der Waals surface area (Å²) in [6, 6.07) is -1.99. The van der Waals surface area contributed by atoms with Crippen LogP contribution in [0.15, 0.2) is 0 Å². The molecule has 0 radical (unpaired) electrons. The average molecular weight is 241 g/mol. The van der Waals surface area contributed by atoms with Crippen LogP contribution in [0.2, 0.25) is 0 Å². The van der Waals surface area contributed by atoms with Gasteiger partial charge in [-0.05, 0) is 6.42 Å². The van der Waals surface area contributed by atoms with Crippen LogP contribution in [0.3, 0.4) is 0 Å². The van der Waals surface area contributed by atoms with E-state index in [1.807, 2.05) is 0 Å². The van der Waals surface area contributed by atoms with Gasteiger partial charge in [0.2, 0.25) is 5.91 Å². The second-order valence-electron chi connectivity index (χ2n) is 3.27. The fraction of sp³-hybridized carbons (Fsp3) is 0.500. The second-order valence-corrected chi connectivity index (χ2v) is 3.27. The Balaban J connectivity index is 4.01. The molecule has 0 aliphatic heterocycles. The van der Waals surface area contributed by atoms with Gasteiger partial charge in [-0.2, -0.15) is 0 Å². The van der Waals surface area contributed by atoms with Gasteiger partial charge in [-0.15, -0.1) is 12.3 Å². The number of carboxylic acid groups (broad SMARTS) is 1. The van der Waals surface area contributed by atoms with Gasteiger partial charge in [0.25, 0.3) is 0 Å². The van der Waals surface area contributed by atoms with E-state index in [4.69, 9.17) is 17.3 Å². The minimum Gasteiger partial charge on any atom is -0.480 e. The Kier molecular flexibility index (Phi) is 6.94. The van der Waals surface area contributed by atoms with Gasteiger partial charge in [-0.25, -0.2) is 9.59 Å². The maximum absolute atomic E-state index is 11.2. The number of primary amides is 1. The van der Waals surface area contributed by atoms with Crippen molar-refractivity contribution in [1.82, 2.24) is 10.6 Å². The summed E-state index contributed by atoms with van der Waals surface area (Å²) in [5, 5.41) is 13.2. The van der Waals surface area contributed by atoms with E-state index in [2.05, 4.69) is 16.6 Å². The lowest BCUT2D eigenvalue weighted by Gasteiger charge is -2.13. The Morgan fingerprint density at radius 3 is 2.53 bits per heavy atom. The zero-order valence-corrected chi connectivity index (χ0v) is 9.23. The number of nitrogens with two attached hydrogens (primary N) is 1. The molecule has 0 aliphatic carbocycles. The van der Waals surface area contributed by atoms with E-state index < -0.39 is 30.4 Å². The normalized spacial score (nSPS) is 11.0. The third-order valence-corrected chi connectivity index (χ3v) is 1.79. The van der Waals surface area contributed by atoms with Crippen LogP contribution < -0.4 is 16.4 Å². The molecule has 0 heterocycles. The van der Waals surface area contributed by atoms with E-state index in [0.29, 0.717) is 19.4 Å². The predicted octanol–water partition coefficient (Wildman–Crippen LogP) is -0.972. The molecule has 5 N–H and O–H groups in total. The van der Waals surface area contributed by atoms with E-state index in [9.17, 15) is 14.4 Å². The summed E-state index contributed by atoms with van der Waals surface area (Å²) in [7, 11) is 0. The van der Waals surface area contributed by atoms with Crippen LogP contribution in [0.25, 0.3) is 0 Å². The highest BCUT2D eigenvalue weighted by atomic mass is 16.4. The monoisotopic (exact) mass is 241 g/mol. The Morgan fingerprint density at radius 1 is 1.41 bits per heavy atom. The van der Waals surface area contributed by atoms with Crippen molar-refractivity contribution in [2.45, 2.75) is 25.3 Å². The number of carbonyl (C=O) groups is 3. The molecule has 0 aromatic rings. The highest BCUT2D eigenvalue weighted by Crippen LogP contribution is 1.91. The summed E-state index contributed by atoms with van der Waals surface area (Å²) in [5.74, 6) is 0.282. The Morgan fingerprint density at radius 2 is 2.06 bits per heavy atom. The number of aliphatic carboxylic acids is 1. The van der Waals surface area contributed by atoms with Crippen molar-refractivity contribution in [1.29, 1.82) is 0 Å². The smallest absolute Gasteiger partial charge is 0.326 e. The first-order chi connectivity index (χ1) is 7.97. The van der Waals surface area contributed by atoms with Gasteiger partial charge in [-0.1, -0.05) is 0 Å². The number of hydrogen-bond acceptors (Lipinski definition) is 3. The quantitative estimate of drug-likeness (QED) is 0.338. The first kappa shape index (κ1) is 14.8. The number of rotatable bonds is 7. The third kappa shape index (κ3) is 7.67. The Hall–Kier alpha value is -2.23. The van der Waals surface area contributed by atoms with Crippen molar-refractivity contribution in [2.75, 3.05) is 6.54 Å². The highest BCUT2D eigenvalue weighted by molar-refractivity contribution is 5.87. The van der Waals surface area contributed by atoms with Crippen LogP contribution in [0, 0.1) is 12.3 Å². The fourth-order valence-electron chi connectivity index (χ4n) is 1.00. The van der Waals surface area contributed by atoms with Crippen LogP contribution in [-0.4, -0.2) is 35.6 Å². The maximum atomic E-state index is 11.2. The van der Waals surface area contributed by atoms with Crippen LogP contribution in [-0.2, 0) is 9.59 Å². The van der Waals surface area contributed by atoms with Crippen molar-refractivity contribution < 1.29 is 19.5 Å². The first-order valence-corrected chi connectivity index (χ1v) is 4.96. The van der Waals surface area contributed by atoms with E-state index in [1.54, 1.807) is 0 Å². The zero-order chi connectivity index (χ0) is 13.3. The number of carboxylic acids is 1. The summed E-state index contributed by atoms with van der Waals surface area (Å²) in [6.45, 7) is 0.332. The lowest BCUT2D eigenvalue weighted by atomic mass is 10.2. The van der Waals surface area contributed by atoms with Crippen molar-refractivity contribution >= 4 is 17.9 Å². The molecule has 17 heavy (non-hydrogen) atoms. The lowest BCUT2D eigenvalue weighted by Crippen LogP contribution is -2.47. The molecule has 0 fully saturated rings. The minimum absolute atomic E-state index is 0.332. The molecule has 94 valence electrons. The third-order valence-electron chi connectivity index (χ3n) is 1.79. The number of unbranched alkanes of at least 4 members (excludes halogenated alkanes) is 1. The summed E-state index contributed by atoms with van der Waals surface area (Å²) in [4.78, 5) is 32.4. The first-order valence-electron chi connectivity index (χ1n) is 4.96. The van der Waals surface area contributed by atoms with Crippen LogP contribution in [0.1, 0.15) is 19.3 Å². The van der Waals surface area contributed by atoms with Gasteiger partial charge < -0.3 is 21.5 Å². The average Bonchev–Trinajstić information content (AvgIpc) is 2.22. The van der Waals surface area contributed by atoms with Crippen LogP contribution >= 0.6 is 0 Å². The molecular formula is C10H15N3O4. The second kappa shape index (κ2) is 7.98. The van der Waals surface area contributed by atoms with E-state index in [0.717, 1.165) is 0 Å². The Bertz CT molecular complexity index is 335. The van der Waals surface area contributed by atoms with Gasteiger partial charge in [-0.3, -0.25) is 4.79 Å². The number of hydrogen-bond donors (Lipinski definition) is 4. The van der Waals surface area contributed by atoms with E-state index in [-0.39, 0.29) is 0 Å². The molecule has 0 unspecified atom stereocenters. The van der Waals surface area contributed by atoms with Crippen LogP contribution in [0.4, 0.5) is 4.79 Å². The molecule has 0 rings (SSSR count). The van der Waals surface area contributed by atoms with Gasteiger partial charge in [0, 0.05) is 13.0 Å². The van der Waals surface area contributed by atoms with Crippen molar-refractivity contribution in [3.63, 3.8) is 0 Å². The zero-order valence-electron chi connectivity index (χ0n) is 9.23. The largest absolute Gasteiger partial charge is 0.480 e. The number of terminal acetylenes is 1. The summed E-state index contributed by atoms with van der Waals surface area (Å²) < 4.78 is 0. The molecule has 7 nitrogen and oxygen atoms in total. The maximum Gasteiger partial charge on any atom is 0.326 e. The molecule has 0 saturated carbocycles. The molecule has 1 atom stereocenters. The summed E-state index contributed by atoms with van der Waals surface area (Å²) >= 11 is 0. The van der Waals surface area contributed by atoms with Crippen molar-refractivity contribution in [3.05, 3.63) is 0 Å². The lowest BCUT2D eigenvalue weighted by molar-refractivity contribution is -0.140. The molecule has 0 aromatic carbocycles. The number of urea groups is 1. The number of carbonyl (C=O) groups excluding carboxylic acids is 2. The standard InChI is InChI=1S/C10H15N3O4/c1-2-3-4-5-12-10(17)13-7(9(15)16)6-8(11)14/h1,7H,3-6H2,(H2,11,14)(H,15,16)(H2,12,13,17)/t7-/m0/s1.